The van der Waals surface area contributed by atoms with Crippen LogP contribution in [0.5, 0.6) is 5.75 Å². The number of nitrogens with zero attached hydrogens (tertiary/aromatic N) is 1. The molecule has 1 saturated carbocycles. The van der Waals surface area contributed by atoms with Crippen LogP contribution in [0.3, 0.4) is 0 Å². The summed E-state index contributed by atoms with van der Waals surface area (Å²) in [4.78, 5) is 26.0. The molecule has 1 unspecified atom stereocenters. The molecule has 0 aromatic heterocycles. The van der Waals surface area contributed by atoms with Crippen LogP contribution in [0, 0.1) is 5.92 Å². The minimum Gasteiger partial charge on any atom is -0.497 e. The first-order chi connectivity index (χ1) is 13.7. The Hall–Kier alpha value is -3.02. The van der Waals surface area contributed by atoms with Crippen LogP contribution in [0.1, 0.15) is 54.2 Å². The normalized spacial score (nSPS) is 19.5. The van der Waals surface area contributed by atoms with Gasteiger partial charge in [0, 0.05) is 11.6 Å². The van der Waals surface area contributed by atoms with Crippen LogP contribution in [-0.2, 0) is 4.79 Å². The number of methoxy groups -OCH3 is 1. The Bertz CT molecular complexity index is 860. The number of para-hydroxylation sites is 1. The number of hydrazine groups is 1. The van der Waals surface area contributed by atoms with Crippen molar-refractivity contribution in [3.05, 3.63) is 59.7 Å². The second-order valence-electron chi connectivity index (χ2n) is 7.35. The number of carbonyl (C=O) groups is 2. The number of benzene rings is 2. The second kappa shape index (κ2) is 7.92. The Labute approximate surface area is 164 Å². The lowest BCUT2D eigenvalue weighted by Gasteiger charge is -2.38. The van der Waals surface area contributed by atoms with Crippen molar-refractivity contribution in [3.8, 4) is 5.75 Å². The van der Waals surface area contributed by atoms with Gasteiger partial charge in [-0.1, -0.05) is 43.5 Å². The van der Waals surface area contributed by atoms with E-state index in [2.05, 4.69) is 10.7 Å². The molecule has 2 aromatic carbocycles. The fourth-order valence-corrected chi connectivity index (χ4v) is 3.96. The van der Waals surface area contributed by atoms with Crippen LogP contribution in [0.4, 0.5) is 5.69 Å². The van der Waals surface area contributed by atoms with Crippen molar-refractivity contribution in [1.29, 1.82) is 0 Å². The lowest BCUT2D eigenvalue weighted by atomic mass is 9.89. The Morgan fingerprint density at radius 1 is 1.07 bits per heavy atom. The van der Waals surface area contributed by atoms with Gasteiger partial charge in [-0.05, 0) is 42.7 Å². The average molecular weight is 379 g/mol. The summed E-state index contributed by atoms with van der Waals surface area (Å²) in [5, 5.41) is 4.82. The van der Waals surface area contributed by atoms with E-state index in [9.17, 15) is 9.59 Å². The summed E-state index contributed by atoms with van der Waals surface area (Å²) in [6.45, 7) is 0. The van der Waals surface area contributed by atoms with Gasteiger partial charge in [-0.3, -0.25) is 15.0 Å². The number of rotatable bonds is 4. The zero-order valence-electron chi connectivity index (χ0n) is 16.0. The van der Waals surface area contributed by atoms with E-state index < -0.39 is 6.17 Å². The van der Waals surface area contributed by atoms with E-state index in [1.807, 2.05) is 42.5 Å². The van der Waals surface area contributed by atoms with E-state index in [4.69, 9.17) is 4.74 Å². The third-order valence-electron chi connectivity index (χ3n) is 5.56. The maximum Gasteiger partial charge on any atom is 0.276 e. The zero-order chi connectivity index (χ0) is 19.5. The van der Waals surface area contributed by atoms with E-state index in [0.717, 1.165) is 42.7 Å². The molecule has 146 valence electrons. The Kier molecular flexibility index (Phi) is 5.19. The standard InChI is InChI=1S/C22H25N3O3/c1-28-17-13-11-15(12-14-17)20-23-19-10-6-5-9-18(19)22(27)25(20)24-21(26)16-7-3-2-4-8-16/h5-6,9-14,16,20,23H,2-4,7-8H2,1H3,(H,24,26). The summed E-state index contributed by atoms with van der Waals surface area (Å²) in [5.41, 5.74) is 5.09. The monoisotopic (exact) mass is 379 g/mol. The molecule has 6 heteroatoms. The molecule has 0 saturated heterocycles. The van der Waals surface area contributed by atoms with Crippen molar-refractivity contribution in [2.45, 2.75) is 38.3 Å². The molecule has 6 nitrogen and oxygen atoms in total. The molecule has 2 aliphatic rings. The highest BCUT2D eigenvalue weighted by Crippen LogP contribution is 2.33. The summed E-state index contributed by atoms with van der Waals surface area (Å²) in [7, 11) is 1.62. The van der Waals surface area contributed by atoms with Crippen molar-refractivity contribution < 1.29 is 14.3 Å². The molecular weight excluding hydrogens is 354 g/mol. The van der Waals surface area contributed by atoms with Gasteiger partial charge >= 0.3 is 0 Å². The van der Waals surface area contributed by atoms with E-state index in [0.29, 0.717) is 5.56 Å². The first-order valence-electron chi connectivity index (χ1n) is 9.81. The van der Waals surface area contributed by atoms with Gasteiger partial charge in [0.05, 0.1) is 12.7 Å². The molecule has 28 heavy (non-hydrogen) atoms. The van der Waals surface area contributed by atoms with Crippen LogP contribution >= 0.6 is 0 Å². The van der Waals surface area contributed by atoms with Crippen molar-refractivity contribution in [2.75, 3.05) is 12.4 Å². The second-order valence-corrected chi connectivity index (χ2v) is 7.35. The van der Waals surface area contributed by atoms with Crippen molar-refractivity contribution >= 4 is 17.5 Å². The topological polar surface area (TPSA) is 70.7 Å². The lowest BCUT2D eigenvalue weighted by Crippen LogP contribution is -2.54. The van der Waals surface area contributed by atoms with E-state index in [-0.39, 0.29) is 17.7 Å². The first-order valence-corrected chi connectivity index (χ1v) is 9.81. The number of carbonyl (C=O) groups excluding carboxylic acids is 2. The number of amides is 2. The Morgan fingerprint density at radius 2 is 1.79 bits per heavy atom. The highest BCUT2D eigenvalue weighted by molar-refractivity contribution is 6.02. The van der Waals surface area contributed by atoms with Gasteiger partial charge in [-0.25, -0.2) is 5.01 Å². The number of fused-ring (bicyclic) bond motifs is 1. The predicted molar refractivity (Wildman–Crippen MR) is 107 cm³/mol. The van der Waals surface area contributed by atoms with Gasteiger partial charge in [0.25, 0.3) is 5.91 Å². The van der Waals surface area contributed by atoms with Crippen LogP contribution in [-0.4, -0.2) is 23.9 Å². The minimum atomic E-state index is -0.485. The third-order valence-corrected chi connectivity index (χ3v) is 5.56. The molecule has 4 rings (SSSR count). The number of nitrogens with one attached hydrogen (secondary N) is 2. The molecule has 0 spiro atoms. The van der Waals surface area contributed by atoms with Crippen molar-refractivity contribution in [3.63, 3.8) is 0 Å². The fraction of sp³-hybridized carbons (Fsp3) is 0.364. The van der Waals surface area contributed by atoms with Crippen LogP contribution in [0.15, 0.2) is 48.5 Å². The first kappa shape index (κ1) is 18.3. The number of anilines is 1. The van der Waals surface area contributed by atoms with Gasteiger partial charge in [0.1, 0.15) is 11.9 Å². The molecule has 0 bridgehead atoms. The summed E-state index contributed by atoms with van der Waals surface area (Å²) in [6, 6.07) is 14.9. The number of hydrogen-bond acceptors (Lipinski definition) is 4. The summed E-state index contributed by atoms with van der Waals surface area (Å²) >= 11 is 0. The predicted octanol–water partition coefficient (Wildman–Crippen LogP) is 3.87. The summed E-state index contributed by atoms with van der Waals surface area (Å²) < 4.78 is 5.23. The Morgan fingerprint density at radius 3 is 2.50 bits per heavy atom. The van der Waals surface area contributed by atoms with E-state index in [1.54, 1.807) is 13.2 Å². The summed E-state index contributed by atoms with van der Waals surface area (Å²) in [5.74, 6) is 0.423. The van der Waals surface area contributed by atoms with E-state index >= 15 is 0 Å². The molecule has 1 heterocycles. The van der Waals surface area contributed by atoms with Gasteiger partial charge in [-0.15, -0.1) is 0 Å². The molecule has 1 atom stereocenters. The molecule has 1 aliphatic heterocycles. The van der Waals surface area contributed by atoms with Gasteiger partial charge < -0.3 is 10.1 Å². The molecule has 1 aliphatic carbocycles. The zero-order valence-corrected chi connectivity index (χ0v) is 16.0. The van der Waals surface area contributed by atoms with Gasteiger partial charge in [0.2, 0.25) is 5.91 Å². The van der Waals surface area contributed by atoms with Gasteiger partial charge in [-0.2, -0.15) is 0 Å². The molecule has 1 fully saturated rings. The Balaban J connectivity index is 1.64. The van der Waals surface area contributed by atoms with Crippen molar-refractivity contribution in [2.24, 2.45) is 5.92 Å². The molecular formula is C22H25N3O3. The molecule has 0 radical (unpaired) electrons. The maximum absolute atomic E-state index is 13.2. The molecule has 2 N–H and O–H groups in total. The summed E-state index contributed by atoms with van der Waals surface area (Å²) in [6.07, 6.45) is 4.58. The van der Waals surface area contributed by atoms with Crippen LogP contribution in [0.2, 0.25) is 0 Å². The number of hydrogen-bond donors (Lipinski definition) is 2. The maximum atomic E-state index is 13.2. The van der Waals surface area contributed by atoms with Crippen LogP contribution in [0.25, 0.3) is 0 Å². The van der Waals surface area contributed by atoms with E-state index in [1.165, 1.54) is 11.4 Å². The van der Waals surface area contributed by atoms with Gasteiger partial charge in [0.15, 0.2) is 0 Å². The smallest absolute Gasteiger partial charge is 0.276 e. The lowest BCUT2D eigenvalue weighted by molar-refractivity contribution is -0.130. The van der Waals surface area contributed by atoms with Crippen LogP contribution < -0.4 is 15.5 Å². The molecule has 2 amide bonds. The third kappa shape index (κ3) is 3.54. The highest BCUT2D eigenvalue weighted by atomic mass is 16.5. The SMILES string of the molecule is COc1ccc(C2Nc3ccccc3C(=O)N2NC(=O)C2CCCCC2)cc1. The fourth-order valence-electron chi connectivity index (χ4n) is 3.96. The quantitative estimate of drug-likeness (QED) is 0.846. The van der Waals surface area contributed by atoms with Crippen molar-refractivity contribution in [1.82, 2.24) is 10.4 Å². The largest absolute Gasteiger partial charge is 0.497 e. The number of ether oxygens (including phenoxy) is 1. The minimum absolute atomic E-state index is 0.0322. The highest BCUT2D eigenvalue weighted by Gasteiger charge is 2.35. The average Bonchev–Trinajstić information content (AvgIpc) is 2.76. The molecule has 2 aromatic rings.